The first-order valence-corrected chi connectivity index (χ1v) is 7.89. The molecule has 1 atom stereocenters. The first-order chi connectivity index (χ1) is 8.97. The van der Waals surface area contributed by atoms with Crippen molar-refractivity contribution in [2.24, 2.45) is 0 Å². The molecule has 0 saturated heterocycles. The zero-order chi connectivity index (χ0) is 14.3. The van der Waals surface area contributed by atoms with Gasteiger partial charge in [-0.2, -0.15) is 0 Å². The van der Waals surface area contributed by atoms with Crippen LogP contribution < -0.4 is 0 Å². The largest absolute Gasteiger partial charge is 0.308 e. The van der Waals surface area contributed by atoms with E-state index in [-0.39, 0.29) is 5.82 Å². The van der Waals surface area contributed by atoms with Crippen LogP contribution in [0.1, 0.15) is 5.56 Å². The zero-order valence-electron chi connectivity index (χ0n) is 11.9. The second kappa shape index (κ2) is 8.40. The smallest absolute Gasteiger partial charge is 0.123 e. The summed E-state index contributed by atoms with van der Waals surface area (Å²) in [5.41, 5.74) is 0.800. The molecular weight excluding hydrogens is 263 g/mol. The Morgan fingerprint density at radius 2 is 1.89 bits per heavy atom. The Morgan fingerprint density at radius 3 is 2.53 bits per heavy atom. The van der Waals surface area contributed by atoms with Crippen LogP contribution in [0.25, 0.3) is 0 Å². The number of nitrogens with zero attached hydrogens (tertiary/aromatic N) is 2. The fraction of sp³-hybridized carbons (Fsp3) is 0.571. The van der Waals surface area contributed by atoms with Gasteiger partial charge in [0.05, 0.1) is 0 Å². The van der Waals surface area contributed by atoms with Crippen LogP contribution in [0.5, 0.6) is 0 Å². The van der Waals surface area contributed by atoms with E-state index in [9.17, 15) is 8.60 Å². The molecule has 0 N–H and O–H groups in total. The van der Waals surface area contributed by atoms with E-state index >= 15 is 0 Å². The van der Waals surface area contributed by atoms with Gasteiger partial charge in [-0.3, -0.25) is 4.21 Å². The molecule has 5 heteroatoms. The van der Waals surface area contributed by atoms with Crippen LogP contribution in [0.4, 0.5) is 4.39 Å². The predicted octanol–water partition coefficient (Wildman–Crippen LogP) is 1.57. The van der Waals surface area contributed by atoms with Crippen molar-refractivity contribution in [3.05, 3.63) is 35.6 Å². The van der Waals surface area contributed by atoms with Gasteiger partial charge < -0.3 is 9.80 Å². The third-order valence-corrected chi connectivity index (χ3v) is 4.14. The lowest BCUT2D eigenvalue weighted by atomic mass is 10.2. The summed E-state index contributed by atoms with van der Waals surface area (Å²) < 4.78 is 24.9. The van der Waals surface area contributed by atoms with Gasteiger partial charge in [0.1, 0.15) is 5.82 Å². The summed E-state index contributed by atoms with van der Waals surface area (Å²) >= 11 is 0. The normalized spacial score (nSPS) is 13.2. The molecule has 0 amide bonds. The van der Waals surface area contributed by atoms with Crippen molar-refractivity contribution >= 4 is 10.8 Å². The lowest BCUT2D eigenvalue weighted by molar-refractivity contribution is 0.293. The second-order valence-corrected chi connectivity index (χ2v) is 6.60. The maximum Gasteiger partial charge on any atom is 0.123 e. The van der Waals surface area contributed by atoms with Gasteiger partial charge in [0.15, 0.2) is 0 Å². The Hall–Kier alpha value is -0.780. The summed E-state index contributed by atoms with van der Waals surface area (Å²) in [4.78, 5) is 4.30. The quantitative estimate of drug-likeness (QED) is 0.725. The molecule has 19 heavy (non-hydrogen) atoms. The minimum Gasteiger partial charge on any atom is -0.308 e. The Balaban J connectivity index is 2.28. The van der Waals surface area contributed by atoms with E-state index in [1.807, 2.05) is 27.2 Å². The van der Waals surface area contributed by atoms with E-state index in [1.54, 1.807) is 6.07 Å². The SMILES string of the molecule is CN(C)CCN(C)CCS(=O)Cc1cccc(F)c1. The average Bonchev–Trinajstić information content (AvgIpc) is 2.34. The summed E-state index contributed by atoms with van der Waals surface area (Å²) in [6.45, 7) is 2.76. The third kappa shape index (κ3) is 7.40. The van der Waals surface area contributed by atoms with Gasteiger partial charge in [0, 0.05) is 41.9 Å². The molecule has 1 aromatic carbocycles. The molecule has 1 rings (SSSR count). The van der Waals surface area contributed by atoms with Crippen molar-refractivity contribution in [1.29, 1.82) is 0 Å². The number of benzene rings is 1. The van der Waals surface area contributed by atoms with Crippen molar-refractivity contribution in [1.82, 2.24) is 9.80 Å². The summed E-state index contributed by atoms with van der Waals surface area (Å²) in [6, 6.07) is 6.33. The predicted molar refractivity (Wildman–Crippen MR) is 79.2 cm³/mol. The van der Waals surface area contributed by atoms with E-state index in [2.05, 4.69) is 9.80 Å². The van der Waals surface area contributed by atoms with Crippen molar-refractivity contribution in [2.45, 2.75) is 5.75 Å². The van der Waals surface area contributed by atoms with Gasteiger partial charge in [-0.15, -0.1) is 0 Å². The average molecular weight is 286 g/mol. The highest BCUT2D eigenvalue weighted by atomic mass is 32.2. The number of rotatable bonds is 8. The Bertz CT molecular complexity index is 412. The number of halogens is 1. The second-order valence-electron chi connectivity index (χ2n) is 5.02. The Labute approximate surface area is 117 Å². The minimum atomic E-state index is -0.936. The van der Waals surface area contributed by atoms with Gasteiger partial charge >= 0.3 is 0 Å². The topological polar surface area (TPSA) is 23.6 Å². The molecule has 0 aromatic heterocycles. The highest BCUT2D eigenvalue weighted by Crippen LogP contribution is 2.06. The minimum absolute atomic E-state index is 0.266. The van der Waals surface area contributed by atoms with Crippen LogP contribution in [0, 0.1) is 5.82 Å². The van der Waals surface area contributed by atoms with Crippen molar-refractivity contribution in [2.75, 3.05) is 46.5 Å². The highest BCUT2D eigenvalue weighted by molar-refractivity contribution is 7.84. The van der Waals surface area contributed by atoms with Gasteiger partial charge in [-0.05, 0) is 38.8 Å². The third-order valence-electron chi connectivity index (χ3n) is 2.85. The molecule has 3 nitrogen and oxygen atoms in total. The number of hydrogen-bond donors (Lipinski definition) is 0. The molecule has 0 aliphatic rings. The first-order valence-electron chi connectivity index (χ1n) is 6.40. The van der Waals surface area contributed by atoms with E-state index in [1.165, 1.54) is 12.1 Å². The lowest BCUT2D eigenvalue weighted by Gasteiger charge is -2.18. The van der Waals surface area contributed by atoms with Crippen LogP contribution in [0.2, 0.25) is 0 Å². The maximum atomic E-state index is 13.0. The van der Waals surface area contributed by atoms with Gasteiger partial charge in [0.25, 0.3) is 0 Å². The standard InChI is InChI=1S/C14H23FN2OS/c1-16(2)7-8-17(3)9-10-19(18)12-13-5-4-6-14(15)11-13/h4-6,11H,7-10,12H2,1-3H3. The van der Waals surface area contributed by atoms with Crippen LogP contribution in [-0.2, 0) is 16.6 Å². The monoisotopic (exact) mass is 286 g/mol. The summed E-state index contributed by atoms with van der Waals surface area (Å²) in [5, 5.41) is 0. The molecule has 0 fully saturated rings. The molecule has 0 aliphatic carbocycles. The summed E-state index contributed by atoms with van der Waals surface area (Å²) in [7, 11) is 5.17. The molecule has 1 unspecified atom stereocenters. The molecule has 0 bridgehead atoms. The lowest BCUT2D eigenvalue weighted by Crippen LogP contribution is -2.31. The first kappa shape index (κ1) is 16.3. The van der Waals surface area contributed by atoms with E-state index in [4.69, 9.17) is 0 Å². The van der Waals surface area contributed by atoms with Gasteiger partial charge in [-0.25, -0.2) is 4.39 Å². The van der Waals surface area contributed by atoms with Crippen molar-refractivity contribution in [3.8, 4) is 0 Å². The molecule has 0 saturated carbocycles. The van der Waals surface area contributed by atoms with E-state index in [0.29, 0.717) is 11.5 Å². The molecule has 0 radical (unpaired) electrons. The fourth-order valence-corrected chi connectivity index (χ4v) is 2.84. The molecule has 1 aromatic rings. The Morgan fingerprint density at radius 1 is 1.16 bits per heavy atom. The summed E-state index contributed by atoms with van der Waals surface area (Å²) in [5.74, 6) is 0.789. The van der Waals surface area contributed by atoms with Gasteiger partial charge in [-0.1, -0.05) is 12.1 Å². The zero-order valence-corrected chi connectivity index (χ0v) is 12.8. The van der Waals surface area contributed by atoms with Crippen LogP contribution in [0.3, 0.4) is 0 Å². The van der Waals surface area contributed by atoms with Crippen LogP contribution >= 0.6 is 0 Å². The molecule has 0 heterocycles. The van der Waals surface area contributed by atoms with Crippen LogP contribution in [-0.4, -0.2) is 60.5 Å². The van der Waals surface area contributed by atoms with Crippen molar-refractivity contribution < 1.29 is 8.60 Å². The number of likely N-dealkylation sites (N-methyl/N-ethyl adjacent to an activating group) is 2. The highest BCUT2D eigenvalue weighted by Gasteiger charge is 2.05. The molecule has 0 spiro atoms. The van der Waals surface area contributed by atoms with E-state index in [0.717, 1.165) is 25.2 Å². The van der Waals surface area contributed by atoms with E-state index < -0.39 is 10.8 Å². The van der Waals surface area contributed by atoms with Crippen LogP contribution in [0.15, 0.2) is 24.3 Å². The molecule has 108 valence electrons. The summed E-state index contributed by atoms with van der Waals surface area (Å²) in [6.07, 6.45) is 0. The fourth-order valence-electron chi connectivity index (χ4n) is 1.62. The number of hydrogen-bond acceptors (Lipinski definition) is 3. The Kier molecular flexibility index (Phi) is 7.20. The van der Waals surface area contributed by atoms with Gasteiger partial charge in [0.2, 0.25) is 0 Å². The van der Waals surface area contributed by atoms with Crippen molar-refractivity contribution in [3.63, 3.8) is 0 Å². The maximum absolute atomic E-state index is 13.0. The molecule has 0 aliphatic heterocycles. The molecular formula is C14H23FN2OS.